The topological polar surface area (TPSA) is 133 Å². The van der Waals surface area contributed by atoms with Gasteiger partial charge in [0.05, 0.1) is 29.2 Å². The summed E-state index contributed by atoms with van der Waals surface area (Å²) in [6.45, 7) is 9.01. The summed E-state index contributed by atoms with van der Waals surface area (Å²) in [4.78, 5) is 31.8. The first-order chi connectivity index (χ1) is 17.2. The number of nitrogens with zero attached hydrogens (tertiary/aromatic N) is 5. The van der Waals surface area contributed by atoms with Crippen molar-refractivity contribution in [3.8, 4) is 11.3 Å². The summed E-state index contributed by atoms with van der Waals surface area (Å²) in [5, 5.41) is 17.3. The van der Waals surface area contributed by atoms with Crippen molar-refractivity contribution in [1.29, 1.82) is 0 Å². The molecule has 1 saturated heterocycles. The molecule has 2 aliphatic rings. The smallest absolute Gasteiger partial charge is 0.317 e. The Kier molecular flexibility index (Phi) is 5.99. The third-order valence-corrected chi connectivity index (χ3v) is 5.99. The van der Waals surface area contributed by atoms with E-state index in [0.717, 1.165) is 12.0 Å². The molecule has 5 rings (SSSR count). The van der Waals surface area contributed by atoms with Crippen molar-refractivity contribution in [2.75, 3.05) is 18.4 Å². The summed E-state index contributed by atoms with van der Waals surface area (Å²) < 4.78 is 7.54. The Balaban J connectivity index is 1.34. The maximum atomic E-state index is 13.0. The van der Waals surface area contributed by atoms with Crippen molar-refractivity contribution in [3.05, 3.63) is 48.3 Å². The van der Waals surface area contributed by atoms with Crippen molar-refractivity contribution in [3.63, 3.8) is 0 Å². The van der Waals surface area contributed by atoms with E-state index in [1.807, 2.05) is 33.1 Å². The van der Waals surface area contributed by atoms with Crippen molar-refractivity contribution >= 4 is 29.5 Å². The van der Waals surface area contributed by atoms with Crippen molar-refractivity contribution in [2.24, 2.45) is 10.9 Å². The molecule has 11 nitrogen and oxygen atoms in total. The molecule has 188 valence electrons. The highest BCUT2D eigenvalue weighted by Gasteiger charge is 2.35. The molecule has 3 N–H and O–H groups in total. The van der Waals surface area contributed by atoms with Crippen molar-refractivity contribution in [2.45, 2.75) is 45.7 Å². The third kappa shape index (κ3) is 4.95. The number of hydrogen-bond donors (Lipinski definition) is 3. The number of rotatable bonds is 5. The first-order valence-electron chi connectivity index (χ1n) is 12.0. The molecule has 0 aliphatic carbocycles. The SMILES string of the molecule is CC1C=NC(c2nn(C3CN(C(=O)NC(C)(C)C)C3)cc2NC(=O)c2ccc(-c3cn[nH]c3)o2)=CC1. The molecule has 36 heavy (non-hydrogen) atoms. The van der Waals surface area contributed by atoms with Crippen LogP contribution >= 0.6 is 0 Å². The number of anilines is 1. The molecule has 0 bridgehead atoms. The number of carbonyl (C=O) groups excluding carboxylic acids is 2. The van der Waals surface area contributed by atoms with E-state index in [1.54, 1.807) is 40.3 Å². The van der Waals surface area contributed by atoms with Crippen LogP contribution in [0, 0.1) is 5.92 Å². The zero-order valence-electron chi connectivity index (χ0n) is 20.8. The van der Waals surface area contributed by atoms with Crippen LogP contribution in [0.4, 0.5) is 10.5 Å². The number of amides is 3. The molecule has 0 spiro atoms. The average molecular weight is 491 g/mol. The van der Waals surface area contributed by atoms with Crippen LogP contribution in [-0.4, -0.2) is 61.7 Å². The second kappa shape index (κ2) is 9.14. The average Bonchev–Trinajstić information content (AvgIpc) is 3.53. The van der Waals surface area contributed by atoms with Gasteiger partial charge in [0.1, 0.15) is 11.5 Å². The van der Waals surface area contributed by atoms with Gasteiger partial charge in [0, 0.05) is 37.2 Å². The molecule has 1 unspecified atom stereocenters. The normalized spacial score (nSPS) is 18.1. The maximum Gasteiger partial charge on any atom is 0.317 e. The number of H-pyrrole nitrogens is 1. The summed E-state index contributed by atoms with van der Waals surface area (Å²) in [5.74, 6) is 0.675. The lowest BCUT2D eigenvalue weighted by Gasteiger charge is -2.40. The van der Waals surface area contributed by atoms with Gasteiger partial charge in [-0.2, -0.15) is 10.2 Å². The number of nitrogens with one attached hydrogen (secondary N) is 3. The van der Waals surface area contributed by atoms with Gasteiger partial charge in [-0.3, -0.25) is 19.6 Å². The minimum Gasteiger partial charge on any atom is -0.451 e. The van der Waals surface area contributed by atoms with E-state index < -0.39 is 0 Å². The van der Waals surface area contributed by atoms with Crippen LogP contribution < -0.4 is 10.6 Å². The van der Waals surface area contributed by atoms with Crippen LogP contribution in [0.1, 0.15) is 56.4 Å². The third-order valence-electron chi connectivity index (χ3n) is 5.99. The zero-order chi connectivity index (χ0) is 25.4. The Hall–Kier alpha value is -4.15. The van der Waals surface area contributed by atoms with Gasteiger partial charge in [0.25, 0.3) is 5.91 Å². The number of aromatic amines is 1. The lowest BCUT2D eigenvalue weighted by atomic mass is 10.1. The quantitative estimate of drug-likeness (QED) is 0.498. The fourth-order valence-electron chi connectivity index (χ4n) is 4.01. The number of furan rings is 1. The van der Waals surface area contributed by atoms with E-state index in [2.05, 4.69) is 32.7 Å². The van der Waals surface area contributed by atoms with E-state index in [0.29, 0.717) is 41.8 Å². The minimum absolute atomic E-state index is 0.00326. The first kappa shape index (κ1) is 23.6. The second-order valence-corrected chi connectivity index (χ2v) is 10.3. The summed E-state index contributed by atoms with van der Waals surface area (Å²) >= 11 is 0. The highest BCUT2D eigenvalue weighted by molar-refractivity contribution is 6.04. The van der Waals surface area contributed by atoms with Gasteiger partial charge >= 0.3 is 6.03 Å². The Labute approximate surface area is 208 Å². The van der Waals surface area contributed by atoms with Crippen LogP contribution in [0.3, 0.4) is 0 Å². The number of carbonyl (C=O) groups is 2. The Morgan fingerprint density at radius 1 is 1.22 bits per heavy atom. The molecule has 0 radical (unpaired) electrons. The molecule has 3 amide bonds. The van der Waals surface area contributed by atoms with Gasteiger partial charge in [-0.15, -0.1) is 0 Å². The fraction of sp³-hybridized carbons (Fsp3) is 0.400. The predicted molar refractivity (Wildman–Crippen MR) is 136 cm³/mol. The summed E-state index contributed by atoms with van der Waals surface area (Å²) in [7, 11) is 0. The van der Waals surface area contributed by atoms with Crippen LogP contribution in [0.25, 0.3) is 17.0 Å². The standard InChI is InChI=1S/C25H30N8O3/c1-15-5-6-18(26-9-15)22-19(29-23(34)21-8-7-20(36-21)16-10-27-28-11-16)14-33(31-22)17-12-32(13-17)24(35)30-25(2,3)4/h6-11,14-15,17H,5,12-13H2,1-4H3,(H,27,28)(H,29,34)(H,30,35). The van der Waals surface area contributed by atoms with E-state index in [1.165, 1.54) is 0 Å². The summed E-state index contributed by atoms with van der Waals surface area (Å²) in [6, 6.07) is 3.26. The van der Waals surface area contributed by atoms with Crippen molar-refractivity contribution in [1.82, 2.24) is 30.2 Å². The Morgan fingerprint density at radius 3 is 2.69 bits per heavy atom. The molecule has 5 heterocycles. The number of hydrogen-bond acceptors (Lipinski definition) is 6. The van der Waals surface area contributed by atoms with E-state index in [9.17, 15) is 9.59 Å². The van der Waals surface area contributed by atoms with E-state index >= 15 is 0 Å². The molecule has 0 saturated carbocycles. The fourth-order valence-corrected chi connectivity index (χ4v) is 4.01. The minimum atomic E-state index is -0.390. The van der Waals surface area contributed by atoms with Gasteiger partial charge in [-0.25, -0.2) is 4.79 Å². The van der Waals surface area contributed by atoms with Crippen LogP contribution in [-0.2, 0) is 0 Å². The number of urea groups is 1. The molecule has 3 aromatic rings. The molecule has 11 heteroatoms. The predicted octanol–water partition coefficient (Wildman–Crippen LogP) is 3.93. The molecular weight excluding hydrogens is 460 g/mol. The zero-order valence-corrected chi connectivity index (χ0v) is 20.8. The van der Waals surface area contributed by atoms with Gasteiger partial charge in [0.15, 0.2) is 5.76 Å². The molecular formula is C25H30N8O3. The molecule has 1 fully saturated rings. The van der Waals surface area contributed by atoms with Crippen LogP contribution in [0.2, 0.25) is 0 Å². The van der Waals surface area contributed by atoms with Gasteiger partial charge < -0.3 is 20.0 Å². The summed E-state index contributed by atoms with van der Waals surface area (Å²) in [6.07, 6.45) is 9.88. The number of aliphatic imine (C=N–C) groups is 1. The van der Waals surface area contributed by atoms with Crippen molar-refractivity contribution < 1.29 is 14.0 Å². The Bertz CT molecular complexity index is 1320. The van der Waals surface area contributed by atoms with Gasteiger partial charge in [-0.1, -0.05) is 13.0 Å². The van der Waals surface area contributed by atoms with Gasteiger partial charge in [0.2, 0.25) is 0 Å². The lowest BCUT2D eigenvalue weighted by molar-refractivity contribution is 0.0997. The lowest BCUT2D eigenvalue weighted by Crippen LogP contribution is -2.57. The molecule has 0 aromatic carbocycles. The molecule has 1 atom stereocenters. The summed E-state index contributed by atoms with van der Waals surface area (Å²) in [5.41, 5.74) is 2.29. The Morgan fingerprint density at radius 2 is 2.03 bits per heavy atom. The number of aromatic nitrogens is 4. The van der Waals surface area contributed by atoms with Gasteiger partial charge in [-0.05, 0) is 45.2 Å². The van der Waals surface area contributed by atoms with E-state index in [4.69, 9.17) is 9.52 Å². The van der Waals surface area contributed by atoms with Crippen LogP contribution in [0.15, 0.2) is 46.2 Å². The second-order valence-electron chi connectivity index (χ2n) is 10.3. The highest BCUT2D eigenvalue weighted by atomic mass is 16.4. The maximum absolute atomic E-state index is 13.0. The number of likely N-dealkylation sites (tertiary alicyclic amines) is 1. The largest absolute Gasteiger partial charge is 0.451 e. The first-order valence-corrected chi connectivity index (χ1v) is 12.0. The molecule has 2 aliphatic heterocycles. The monoisotopic (exact) mass is 490 g/mol. The highest BCUT2D eigenvalue weighted by Crippen LogP contribution is 2.31. The number of allylic oxidation sites excluding steroid dienone is 1. The van der Waals surface area contributed by atoms with Crippen LogP contribution in [0.5, 0.6) is 0 Å². The molecule has 3 aromatic heterocycles. The van der Waals surface area contributed by atoms with E-state index in [-0.39, 0.29) is 29.3 Å².